The lowest BCUT2D eigenvalue weighted by Gasteiger charge is -2.41. The first-order valence-electron chi connectivity index (χ1n) is 7.42. The third kappa shape index (κ3) is 3.21. The summed E-state index contributed by atoms with van der Waals surface area (Å²) in [5.41, 5.74) is 1.45. The second kappa shape index (κ2) is 5.94. The first-order chi connectivity index (χ1) is 9.22. The van der Waals surface area contributed by atoms with Crippen LogP contribution in [0.1, 0.15) is 50.0 Å². The summed E-state index contributed by atoms with van der Waals surface area (Å²) in [4.78, 5) is 0. The van der Waals surface area contributed by atoms with Gasteiger partial charge in [-0.1, -0.05) is 40.9 Å². The van der Waals surface area contributed by atoms with Crippen molar-refractivity contribution in [3.63, 3.8) is 0 Å². The molecule has 19 heavy (non-hydrogen) atoms. The van der Waals surface area contributed by atoms with E-state index in [-0.39, 0.29) is 6.10 Å². The summed E-state index contributed by atoms with van der Waals surface area (Å²) in [6, 6.07) is 9.64. The van der Waals surface area contributed by atoms with E-state index in [1.165, 1.54) is 31.2 Å². The fourth-order valence-corrected chi connectivity index (χ4v) is 3.63. The van der Waals surface area contributed by atoms with E-state index >= 15 is 0 Å². The van der Waals surface area contributed by atoms with Gasteiger partial charge in [-0.2, -0.15) is 0 Å². The molecule has 2 unspecified atom stereocenters. The summed E-state index contributed by atoms with van der Waals surface area (Å²) < 4.78 is 1.15. The highest BCUT2D eigenvalue weighted by Crippen LogP contribution is 2.38. The highest BCUT2D eigenvalue weighted by atomic mass is 79.9. The topological polar surface area (TPSA) is 32.3 Å². The predicted octanol–water partition coefficient (Wildman–Crippen LogP) is 3.59. The van der Waals surface area contributed by atoms with Crippen molar-refractivity contribution in [1.82, 2.24) is 5.32 Å². The van der Waals surface area contributed by atoms with Crippen LogP contribution in [0.4, 0.5) is 0 Å². The lowest BCUT2D eigenvalue weighted by Crippen LogP contribution is -2.51. The molecule has 3 rings (SSSR count). The molecule has 0 radical (unpaired) electrons. The van der Waals surface area contributed by atoms with Crippen LogP contribution in [-0.4, -0.2) is 23.3 Å². The second-order valence-electron chi connectivity index (χ2n) is 6.04. The Morgan fingerprint density at radius 3 is 2.42 bits per heavy atom. The van der Waals surface area contributed by atoms with Gasteiger partial charge in [0.25, 0.3) is 0 Å². The Morgan fingerprint density at radius 1 is 1.05 bits per heavy atom. The molecule has 0 spiro atoms. The molecule has 1 aromatic rings. The van der Waals surface area contributed by atoms with E-state index in [9.17, 15) is 5.11 Å². The molecule has 2 aliphatic carbocycles. The van der Waals surface area contributed by atoms with E-state index in [0.717, 1.165) is 17.3 Å². The van der Waals surface area contributed by atoms with E-state index in [0.29, 0.717) is 18.0 Å². The van der Waals surface area contributed by atoms with Crippen LogP contribution in [0.5, 0.6) is 0 Å². The van der Waals surface area contributed by atoms with Gasteiger partial charge in [0.1, 0.15) is 0 Å². The number of rotatable bonds is 3. The van der Waals surface area contributed by atoms with Crippen molar-refractivity contribution in [2.24, 2.45) is 0 Å². The van der Waals surface area contributed by atoms with Crippen LogP contribution in [0.25, 0.3) is 0 Å². The van der Waals surface area contributed by atoms with Crippen LogP contribution in [0, 0.1) is 0 Å². The van der Waals surface area contributed by atoms with Crippen molar-refractivity contribution in [2.45, 2.75) is 62.6 Å². The van der Waals surface area contributed by atoms with Gasteiger partial charge in [-0.3, -0.25) is 0 Å². The largest absolute Gasteiger partial charge is 0.392 e. The maximum atomic E-state index is 9.98. The number of hydrogen-bond acceptors (Lipinski definition) is 2. The molecule has 2 saturated carbocycles. The molecule has 0 saturated heterocycles. The summed E-state index contributed by atoms with van der Waals surface area (Å²) in [6.45, 7) is 0. The minimum absolute atomic E-state index is 0.125. The van der Waals surface area contributed by atoms with Crippen LogP contribution in [0.3, 0.4) is 0 Å². The van der Waals surface area contributed by atoms with Gasteiger partial charge >= 0.3 is 0 Å². The van der Waals surface area contributed by atoms with Crippen LogP contribution in [-0.2, 0) is 0 Å². The zero-order chi connectivity index (χ0) is 13.2. The first kappa shape index (κ1) is 13.6. The molecular formula is C16H22BrNO. The molecule has 0 bridgehead atoms. The molecule has 2 atom stereocenters. The minimum Gasteiger partial charge on any atom is -0.392 e. The Bertz CT molecular complexity index is 413. The van der Waals surface area contributed by atoms with Gasteiger partial charge in [0, 0.05) is 16.6 Å². The number of benzene rings is 1. The van der Waals surface area contributed by atoms with E-state index in [2.05, 4.69) is 45.5 Å². The Morgan fingerprint density at radius 2 is 1.74 bits per heavy atom. The van der Waals surface area contributed by atoms with Crippen molar-refractivity contribution in [3.8, 4) is 0 Å². The standard InChI is InChI=1S/C16H22BrNO/c17-13-7-5-11(6-8-13)12-9-14(10-12)18-15-3-1-2-4-16(15)19/h5-8,12,14-16,18-19H,1-4,9-10H2. The summed E-state index contributed by atoms with van der Waals surface area (Å²) in [6.07, 6.45) is 6.86. The van der Waals surface area contributed by atoms with E-state index in [1.807, 2.05) is 0 Å². The van der Waals surface area contributed by atoms with Crippen molar-refractivity contribution in [3.05, 3.63) is 34.3 Å². The lowest BCUT2D eigenvalue weighted by atomic mass is 9.75. The zero-order valence-electron chi connectivity index (χ0n) is 11.2. The SMILES string of the molecule is OC1CCCCC1NC1CC(c2ccc(Br)cc2)C1. The first-order valence-corrected chi connectivity index (χ1v) is 8.21. The number of nitrogens with one attached hydrogen (secondary N) is 1. The van der Waals surface area contributed by atoms with Gasteiger partial charge in [-0.05, 0) is 49.3 Å². The van der Waals surface area contributed by atoms with Gasteiger partial charge in [0.15, 0.2) is 0 Å². The van der Waals surface area contributed by atoms with Crippen molar-refractivity contribution in [2.75, 3.05) is 0 Å². The van der Waals surface area contributed by atoms with Crippen LogP contribution >= 0.6 is 15.9 Å². The van der Waals surface area contributed by atoms with Gasteiger partial charge in [-0.25, -0.2) is 0 Å². The van der Waals surface area contributed by atoms with Crippen molar-refractivity contribution >= 4 is 15.9 Å². The molecule has 0 amide bonds. The van der Waals surface area contributed by atoms with Gasteiger partial charge < -0.3 is 10.4 Å². The molecule has 2 aliphatic rings. The van der Waals surface area contributed by atoms with Gasteiger partial charge in [0.05, 0.1) is 6.10 Å². The third-order valence-electron chi connectivity index (χ3n) is 4.66. The highest BCUT2D eigenvalue weighted by Gasteiger charge is 2.33. The van der Waals surface area contributed by atoms with Gasteiger partial charge in [-0.15, -0.1) is 0 Å². The quantitative estimate of drug-likeness (QED) is 0.891. The van der Waals surface area contributed by atoms with E-state index < -0.39 is 0 Å². The fraction of sp³-hybridized carbons (Fsp3) is 0.625. The molecule has 2 nitrogen and oxygen atoms in total. The second-order valence-corrected chi connectivity index (χ2v) is 6.96. The monoisotopic (exact) mass is 323 g/mol. The Kier molecular flexibility index (Phi) is 4.25. The number of halogens is 1. The van der Waals surface area contributed by atoms with Crippen LogP contribution in [0.15, 0.2) is 28.7 Å². The Hall–Kier alpha value is -0.380. The predicted molar refractivity (Wildman–Crippen MR) is 81.3 cm³/mol. The molecule has 3 heteroatoms. The average molecular weight is 324 g/mol. The fourth-order valence-electron chi connectivity index (χ4n) is 3.37. The normalized spacial score (nSPS) is 34.8. The third-order valence-corrected chi connectivity index (χ3v) is 5.19. The van der Waals surface area contributed by atoms with Crippen molar-refractivity contribution < 1.29 is 5.11 Å². The van der Waals surface area contributed by atoms with Gasteiger partial charge in [0.2, 0.25) is 0 Å². The molecule has 2 fully saturated rings. The number of aliphatic hydroxyl groups is 1. The number of aliphatic hydroxyl groups excluding tert-OH is 1. The molecular weight excluding hydrogens is 302 g/mol. The maximum absolute atomic E-state index is 9.98. The number of hydrogen-bond donors (Lipinski definition) is 2. The maximum Gasteiger partial charge on any atom is 0.0693 e. The summed E-state index contributed by atoms with van der Waals surface area (Å²) in [5.74, 6) is 0.700. The van der Waals surface area contributed by atoms with E-state index in [4.69, 9.17) is 0 Å². The highest BCUT2D eigenvalue weighted by molar-refractivity contribution is 9.10. The van der Waals surface area contributed by atoms with Crippen LogP contribution < -0.4 is 5.32 Å². The summed E-state index contributed by atoms with van der Waals surface area (Å²) >= 11 is 3.48. The molecule has 0 heterocycles. The average Bonchev–Trinajstić information content (AvgIpc) is 2.37. The Balaban J connectivity index is 1.48. The zero-order valence-corrected chi connectivity index (χ0v) is 12.8. The lowest BCUT2D eigenvalue weighted by molar-refractivity contribution is 0.0751. The smallest absolute Gasteiger partial charge is 0.0693 e. The Labute approximate surface area is 123 Å². The van der Waals surface area contributed by atoms with Crippen molar-refractivity contribution in [1.29, 1.82) is 0 Å². The molecule has 0 aliphatic heterocycles. The van der Waals surface area contributed by atoms with E-state index in [1.54, 1.807) is 0 Å². The molecule has 2 N–H and O–H groups in total. The van der Waals surface area contributed by atoms with Crippen LogP contribution in [0.2, 0.25) is 0 Å². The summed E-state index contributed by atoms with van der Waals surface area (Å²) in [7, 11) is 0. The molecule has 1 aromatic carbocycles. The molecule has 0 aromatic heterocycles. The molecule has 104 valence electrons. The minimum atomic E-state index is -0.125. The summed E-state index contributed by atoms with van der Waals surface area (Å²) in [5, 5.41) is 13.6.